The molecule has 0 radical (unpaired) electrons. The molecule has 8 nitrogen and oxygen atoms in total. The van der Waals surface area contributed by atoms with Crippen LogP contribution in [-0.4, -0.2) is 62.3 Å². The predicted molar refractivity (Wildman–Crippen MR) is 111 cm³/mol. The number of fused-ring (bicyclic) bond motifs is 1. The van der Waals surface area contributed by atoms with Crippen LogP contribution in [0.5, 0.6) is 17.2 Å². The highest BCUT2D eigenvalue weighted by Gasteiger charge is 2.45. The van der Waals surface area contributed by atoms with Crippen molar-refractivity contribution in [3.05, 3.63) is 59.2 Å². The first-order valence-corrected chi connectivity index (χ1v) is 9.86. The molecular formula is C23H23NO7. The number of Topliss-reactive ketones (excluding diaryl/α,β-unsaturated/α-hetero) is 1. The lowest BCUT2D eigenvalue weighted by atomic mass is 9.95. The number of likely N-dealkylation sites (tertiary alicyclic amines) is 1. The van der Waals surface area contributed by atoms with Crippen LogP contribution in [0.4, 0.5) is 0 Å². The van der Waals surface area contributed by atoms with Gasteiger partial charge >= 0.3 is 0 Å². The second-order valence-corrected chi connectivity index (χ2v) is 7.12. The van der Waals surface area contributed by atoms with Gasteiger partial charge in [0.15, 0.2) is 11.5 Å². The number of benzene rings is 2. The fourth-order valence-corrected chi connectivity index (χ4v) is 3.78. The van der Waals surface area contributed by atoms with Gasteiger partial charge in [-0.3, -0.25) is 9.59 Å². The van der Waals surface area contributed by atoms with E-state index in [4.69, 9.17) is 18.9 Å². The van der Waals surface area contributed by atoms with Crippen LogP contribution < -0.4 is 14.2 Å². The molecule has 1 unspecified atom stereocenters. The summed E-state index contributed by atoms with van der Waals surface area (Å²) in [5, 5.41) is 11.1. The van der Waals surface area contributed by atoms with Crippen LogP contribution in [0.15, 0.2) is 48.0 Å². The quantitative estimate of drug-likeness (QED) is 0.432. The van der Waals surface area contributed by atoms with Crippen molar-refractivity contribution in [2.45, 2.75) is 6.04 Å². The van der Waals surface area contributed by atoms with E-state index in [9.17, 15) is 14.7 Å². The van der Waals surface area contributed by atoms with Crippen LogP contribution in [-0.2, 0) is 14.3 Å². The van der Waals surface area contributed by atoms with Crippen molar-refractivity contribution in [1.29, 1.82) is 0 Å². The number of ether oxygens (including phenoxy) is 4. The van der Waals surface area contributed by atoms with Crippen molar-refractivity contribution in [2.75, 3.05) is 40.6 Å². The summed E-state index contributed by atoms with van der Waals surface area (Å²) in [4.78, 5) is 27.2. The fourth-order valence-electron chi connectivity index (χ4n) is 3.78. The normalized spacial score (nSPS) is 19.5. The summed E-state index contributed by atoms with van der Waals surface area (Å²) in [7, 11) is 3.08. The molecule has 2 aliphatic heterocycles. The van der Waals surface area contributed by atoms with Gasteiger partial charge in [0, 0.05) is 19.2 Å². The average Bonchev–Trinajstić information content (AvgIpc) is 3.06. The summed E-state index contributed by atoms with van der Waals surface area (Å²) in [6.45, 7) is 1.30. The Balaban J connectivity index is 1.81. The molecular weight excluding hydrogens is 402 g/mol. The van der Waals surface area contributed by atoms with Gasteiger partial charge in [-0.2, -0.15) is 0 Å². The molecule has 1 atom stereocenters. The van der Waals surface area contributed by atoms with E-state index < -0.39 is 17.7 Å². The smallest absolute Gasteiger partial charge is 0.295 e. The number of nitrogens with zero attached hydrogens (tertiary/aromatic N) is 1. The average molecular weight is 425 g/mol. The van der Waals surface area contributed by atoms with Gasteiger partial charge in [0.1, 0.15) is 24.7 Å². The molecule has 2 aliphatic rings. The second kappa shape index (κ2) is 8.69. The van der Waals surface area contributed by atoms with Gasteiger partial charge in [-0.1, -0.05) is 12.1 Å². The predicted octanol–water partition coefficient (Wildman–Crippen LogP) is 2.53. The second-order valence-electron chi connectivity index (χ2n) is 7.12. The van der Waals surface area contributed by atoms with E-state index in [0.29, 0.717) is 41.6 Å². The van der Waals surface area contributed by atoms with Crippen LogP contribution in [0, 0.1) is 0 Å². The van der Waals surface area contributed by atoms with Crippen molar-refractivity contribution >= 4 is 17.4 Å². The fraction of sp³-hybridized carbons (Fsp3) is 0.304. The van der Waals surface area contributed by atoms with E-state index in [1.54, 1.807) is 49.6 Å². The molecule has 1 amide bonds. The number of rotatable bonds is 6. The highest BCUT2D eigenvalue weighted by atomic mass is 16.6. The van der Waals surface area contributed by atoms with Crippen molar-refractivity contribution < 1.29 is 33.6 Å². The Labute approximate surface area is 179 Å². The number of ketones is 1. The molecule has 162 valence electrons. The molecule has 0 aromatic heterocycles. The Morgan fingerprint density at radius 1 is 1.06 bits per heavy atom. The van der Waals surface area contributed by atoms with E-state index >= 15 is 0 Å². The molecule has 0 aliphatic carbocycles. The molecule has 31 heavy (non-hydrogen) atoms. The van der Waals surface area contributed by atoms with Gasteiger partial charge in [0.2, 0.25) is 0 Å². The minimum Gasteiger partial charge on any atom is -0.507 e. The number of carbonyl (C=O) groups is 2. The van der Waals surface area contributed by atoms with Crippen LogP contribution in [0.2, 0.25) is 0 Å². The largest absolute Gasteiger partial charge is 0.507 e. The molecule has 0 spiro atoms. The molecule has 8 heteroatoms. The van der Waals surface area contributed by atoms with Gasteiger partial charge in [-0.15, -0.1) is 0 Å². The lowest BCUT2D eigenvalue weighted by Crippen LogP contribution is -2.32. The summed E-state index contributed by atoms with van der Waals surface area (Å²) in [6, 6.07) is 11.2. The number of hydrogen-bond acceptors (Lipinski definition) is 7. The number of amides is 1. The zero-order valence-corrected chi connectivity index (χ0v) is 17.3. The highest BCUT2D eigenvalue weighted by Crippen LogP contribution is 2.41. The molecule has 1 N–H and O–H groups in total. The maximum absolute atomic E-state index is 13.0. The van der Waals surface area contributed by atoms with Gasteiger partial charge < -0.3 is 29.0 Å². The van der Waals surface area contributed by atoms with Crippen LogP contribution in [0.25, 0.3) is 5.76 Å². The Hall–Kier alpha value is -3.52. The number of hydrogen-bond donors (Lipinski definition) is 1. The summed E-state index contributed by atoms with van der Waals surface area (Å²) in [5.41, 5.74) is 1.06. The van der Waals surface area contributed by atoms with Gasteiger partial charge in [-0.25, -0.2) is 0 Å². The number of aliphatic hydroxyl groups is 1. The standard InChI is InChI=1S/C23H23NO7/c1-28-10-9-24-20(14-3-6-16(29-2)7-4-14)19(22(26)23(24)27)21(25)15-5-8-17-18(13-15)31-12-11-30-17/h3-8,13,20,25H,9-12H2,1-2H3/b21-19-. The summed E-state index contributed by atoms with van der Waals surface area (Å²) >= 11 is 0. The van der Waals surface area contributed by atoms with Crippen LogP contribution in [0.1, 0.15) is 17.2 Å². The third-order valence-electron chi connectivity index (χ3n) is 5.32. The third kappa shape index (κ3) is 3.82. The lowest BCUT2D eigenvalue weighted by Gasteiger charge is -2.25. The number of carbonyl (C=O) groups excluding carboxylic acids is 2. The van der Waals surface area contributed by atoms with E-state index in [2.05, 4.69) is 0 Å². The van der Waals surface area contributed by atoms with Crippen LogP contribution in [0.3, 0.4) is 0 Å². The summed E-state index contributed by atoms with van der Waals surface area (Å²) < 4.78 is 21.4. The lowest BCUT2D eigenvalue weighted by molar-refractivity contribution is -0.140. The minimum atomic E-state index is -0.755. The molecule has 2 aromatic carbocycles. The van der Waals surface area contributed by atoms with E-state index in [1.165, 1.54) is 12.0 Å². The Bertz CT molecular complexity index is 1030. The zero-order chi connectivity index (χ0) is 22.0. The molecule has 1 fully saturated rings. The Kier molecular flexibility index (Phi) is 5.81. The number of methoxy groups -OCH3 is 2. The first kappa shape index (κ1) is 20.7. The van der Waals surface area contributed by atoms with Crippen molar-refractivity contribution in [1.82, 2.24) is 4.90 Å². The van der Waals surface area contributed by atoms with E-state index in [0.717, 1.165) is 0 Å². The maximum atomic E-state index is 13.0. The molecule has 1 saturated heterocycles. The van der Waals surface area contributed by atoms with Gasteiger partial charge in [0.25, 0.3) is 11.7 Å². The van der Waals surface area contributed by atoms with E-state index in [1.807, 2.05) is 0 Å². The van der Waals surface area contributed by atoms with Crippen molar-refractivity contribution in [2.24, 2.45) is 0 Å². The minimum absolute atomic E-state index is 0.0166. The molecule has 2 heterocycles. The number of aliphatic hydroxyl groups excluding tert-OH is 1. The zero-order valence-electron chi connectivity index (χ0n) is 17.3. The SMILES string of the molecule is COCCN1C(=O)C(=O)/C(=C(\O)c2ccc3c(c2)OCCO3)C1c1ccc(OC)cc1. The van der Waals surface area contributed by atoms with Crippen molar-refractivity contribution in [3.63, 3.8) is 0 Å². The first-order chi connectivity index (χ1) is 15.0. The van der Waals surface area contributed by atoms with Gasteiger partial charge in [0.05, 0.1) is 25.3 Å². The summed E-state index contributed by atoms with van der Waals surface area (Å²) in [5.74, 6) is -0.0123. The third-order valence-corrected chi connectivity index (χ3v) is 5.32. The molecule has 4 rings (SSSR count). The summed E-state index contributed by atoms with van der Waals surface area (Å²) in [6.07, 6.45) is 0. The topological polar surface area (TPSA) is 94.5 Å². The monoisotopic (exact) mass is 425 g/mol. The van der Waals surface area contributed by atoms with Crippen LogP contribution >= 0.6 is 0 Å². The molecule has 2 aromatic rings. The highest BCUT2D eigenvalue weighted by molar-refractivity contribution is 6.46. The Morgan fingerprint density at radius 3 is 2.45 bits per heavy atom. The first-order valence-electron chi connectivity index (χ1n) is 9.86. The molecule has 0 bridgehead atoms. The van der Waals surface area contributed by atoms with Crippen molar-refractivity contribution in [3.8, 4) is 17.2 Å². The Morgan fingerprint density at radius 2 is 1.77 bits per heavy atom. The van der Waals surface area contributed by atoms with E-state index in [-0.39, 0.29) is 24.5 Å². The van der Waals surface area contributed by atoms with Gasteiger partial charge in [-0.05, 0) is 35.9 Å². The maximum Gasteiger partial charge on any atom is 0.295 e. The molecule has 0 saturated carbocycles.